The summed E-state index contributed by atoms with van der Waals surface area (Å²) in [6.07, 6.45) is 3.94. The van der Waals surface area contributed by atoms with Gasteiger partial charge < -0.3 is 9.32 Å². The summed E-state index contributed by atoms with van der Waals surface area (Å²) in [7, 11) is -3.79. The highest BCUT2D eigenvalue weighted by Gasteiger charge is 2.30. The molecule has 2 heterocycles. The van der Waals surface area contributed by atoms with E-state index in [-0.39, 0.29) is 9.79 Å². The van der Waals surface area contributed by atoms with Gasteiger partial charge in [-0.25, -0.2) is 8.42 Å². The molecule has 1 aliphatic carbocycles. The zero-order chi connectivity index (χ0) is 21.7. The zero-order valence-corrected chi connectivity index (χ0v) is 18.6. The van der Waals surface area contributed by atoms with Crippen LogP contribution < -0.4 is 4.90 Å². The predicted octanol–water partition coefficient (Wildman–Crippen LogP) is 4.49. The van der Waals surface area contributed by atoms with Gasteiger partial charge in [0.2, 0.25) is 9.84 Å². The Kier molecular flexibility index (Phi) is 4.69. The Balaban J connectivity index is 1.37. The van der Waals surface area contributed by atoms with Crippen molar-refractivity contribution in [2.24, 2.45) is 0 Å². The molecular weight excluding hydrogens is 422 g/mol. The lowest BCUT2D eigenvalue weighted by molar-refractivity contribution is 0.119. The summed E-state index contributed by atoms with van der Waals surface area (Å²) in [5.41, 5.74) is 0.902. The molecule has 6 nitrogen and oxygen atoms in total. The van der Waals surface area contributed by atoms with Gasteiger partial charge in [0.05, 0.1) is 4.90 Å². The third kappa shape index (κ3) is 3.19. The molecule has 32 heavy (non-hydrogen) atoms. The van der Waals surface area contributed by atoms with E-state index < -0.39 is 9.84 Å². The van der Waals surface area contributed by atoms with Crippen LogP contribution in [0.3, 0.4) is 0 Å². The van der Waals surface area contributed by atoms with Crippen molar-refractivity contribution in [1.29, 1.82) is 0 Å². The minimum absolute atomic E-state index is 0.165. The molecule has 1 saturated carbocycles. The molecule has 0 bridgehead atoms. The quantitative estimate of drug-likeness (QED) is 0.459. The molecule has 2 fully saturated rings. The maximum Gasteiger partial charge on any atom is 0.298 e. The number of rotatable bonds is 4. The molecule has 0 atom stereocenters. The summed E-state index contributed by atoms with van der Waals surface area (Å²) >= 11 is 0. The fourth-order valence-corrected chi connectivity index (χ4v) is 6.46. The summed E-state index contributed by atoms with van der Waals surface area (Å²) < 4.78 is 33.5. The summed E-state index contributed by atoms with van der Waals surface area (Å²) in [6.45, 7) is 3.67. The van der Waals surface area contributed by atoms with E-state index in [0.717, 1.165) is 37.6 Å². The van der Waals surface area contributed by atoms with Crippen molar-refractivity contribution in [3.8, 4) is 0 Å². The van der Waals surface area contributed by atoms with Crippen LogP contribution in [0.5, 0.6) is 0 Å². The van der Waals surface area contributed by atoms with Crippen LogP contribution in [-0.2, 0) is 9.84 Å². The monoisotopic (exact) mass is 447 g/mol. The van der Waals surface area contributed by atoms with E-state index in [9.17, 15) is 8.42 Å². The van der Waals surface area contributed by atoms with Gasteiger partial charge in [-0.15, -0.1) is 0 Å². The van der Waals surface area contributed by atoms with Crippen molar-refractivity contribution in [3.05, 3.63) is 60.7 Å². The van der Waals surface area contributed by atoms with E-state index in [1.165, 1.54) is 19.3 Å². The average molecular weight is 448 g/mol. The van der Waals surface area contributed by atoms with Crippen LogP contribution in [0, 0.1) is 0 Å². The van der Waals surface area contributed by atoms with Gasteiger partial charge in [0.1, 0.15) is 10.4 Å². The average Bonchev–Trinajstić information content (AvgIpc) is 3.22. The number of aromatic nitrogens is 1. The highest BCUT2D eigenvalue weighted by atomic mass is 32.2. The van der Waals surface area contributed by atoms with Crippen LogP contribution in [0.15, 0.2) is 74.9 Å². The van der Waals surface area contributed by atoms with E-state index in [1.807, 2.05) is 36.4 Å². The summed E-state index contributed by atoms with van der Waals surface area (Å²) in [4.78, 5) is 9.78. The van der Waals surface area contributed by atoms with Gasteiger partial charge in [-0.2, -0.15) is 4.98 Å². The number of hydrogen-bond donors (Lipinski definition) is 0. The van der Waals surface area contributed by atoms with Crippen molar-refractivity contribution in [2.45, 2.75) is 35.1 Å². The molecule has 1 aliphatic heterocycles. The van der Waals surface area contributed by atoms with Gasteiger partial charge in [0, 0.05) is 37.6 Å². The second-order valence-corrected chi connectivity index (χ2v) is 10.6. The normalized spacial score (nSPS) is 18.3. The molecule has 0 unspecified atom stereocenters. The second-order valence-electron chi connectivity index (χ2n) is 8.69. The molecule has 1 saturated heterocycles. The van der Waals surface area contributed by atoms with Crippen LogP contribution in [0.1, 0.15) is 19.3 Å². The Labute approximate surface area is 187 Å². The van der Waals surface area contributed by atoms with Crippen LogP contribution in [0.25, 0.3) is 21.9 Å². The molecule has 0 N–H and O–H groups in total. The van der Waals surface area contributed by atoms with Gasteiger partial charge in [-0.3, -0.25) is 4.90 Å². The zero-order valence-electron chi connectivity index (χ0n) is 17.8. The smallest absolute Gasteiger partial charge is 0.298 e. The lowest BCUT2D eigenvalue weighted by Crippen LogP contribution is -2.52. The Morgan fingerprint density at radius 1 is 0.844 bits per heavy atom. The predicted molar refractivity (Wildman–Crippen MR) is 125 cm³/mol. The van der Waals surface area contributed by atoms with Crippen LogP contribution >= 0.6 is 0 Å². The first-order valence-electron chi connectivity index (χ1n) is 11.2. The van der Waals surface area contributed by atoms with Crippen LogP contribution in [-0.4, -0.2) is 50.5 Å². The maximum absolute atomic E-state index is 13.7. The van der Waals surface area contributed by atoms with E-state index >= 15 is 0 Å². The molecule has 0 amide bonds. The lowest BCUT2D eigenvalue weighted by atomic mass is 9.91. The number of nitrogens with zero attached hydrogens (tertiary/aromatic N) is 3. The molecule has 3 aromatic carbocycles. The number of hydrogen-bond acceptors (Lipinski definition) is 6. The van der Waals surface area contributed by atoms with Gasteiger partial charge in [-0.1, -0.05) is 48.9 Å². The molecular formula is C25H25N3O3S. The van der Waals surface area contributed by atoms with Gasteiger partial charge in [0.25, 0.3) is 6.01 Å². The van der Waals surface area contributed by atoms with Crippen molar-refractivity contribution in [3.63, 3.8) is 0 Å². The number of oxazole rings is 1. The first kappa shape index (κ1) is 19.8. The molecule has 4 aromatic rings. The Bertz CT molecular complexity index is 1400. The molecule has 6 rings (SSSR count). The van der Waals surface area contributed by atoms with Crippen molar-refractivity contribution in [1.82, 2.24) is 9.88 Å². The van der Waals surface area contributed by atoms with Crippen LogP contribution in [0.4, 0.5) is 6.01 Å². The minimum atomic E-state index is -3.79. The van der Waals surface area contributed by atoms with Crippen molar-refractivity contribution < 1.29 is 12.8 Å². The number of anilines is 1. The number of sulfone groups is 1. The molecule has 164 valence electrons. The van der Waals surface area contributed by atoms with Crippen LogP contribution in [0.2, 0.25) is 0 Å². The highest BCUT2D eigenvalue weighted by molar-refractivity contribution is 7.92. The molecule has 0 radical (unpaired) electrons. The van der Waals surface area contributed by atoms with Gasteiger partial charge in [0.15, 0.2) is 5.58 Å². The third-order valence-electron chi connectivity index (χ3n) is 6.87. The largest absolute Gasteiger partial charge is 0.422 e. The number of benzene rings is 3. The summed E-state index contributed by atoms with van der Waals surface area (Å²) in [6, 6.07) is 19.3. The Morgan fingerprint density at radius 2 is 1.56 bits per heavy atom. The first-order chi connectivity index (χ1) is 15.6. The topological polar surface area (TPSA) is 66.7 Å². The molecule has 7 heteroatoms. The third-order valence-corrected chi connectivity index (χ3v) is 8.71. The first-order valence-corrected chi connectivity index (χ1v) is 12.7. The maximum atomic E-state index is 13.7. The Morgan fingerprint density at radius 3 is 2.34 bits per heavy atom. The number of para-hydroxylation sites is 1. The fourth-order valence-electron chi connectivity index (χ4n) is 4.84. The molecule has 0 spiro atoms. The molecule has 1 aromatic heterocycles. The highest BCUT2D eigenvalue weighted by Crippen LogP contribution is 2.34. The Hall–Kier alpha value is -2.90. The lowest BCUT2D eigenvalue weighted by Gasteiger charge is -2.42. The summed E-state index contributed by atoms with van der Waals surface area (Å²) in [5.74, 6) is 0. The second kappa shape index (κ2) is 7.60. The fraction of sp³-hybridized carbons (Fsp3) is 0.320. The van der Waals surface area contributed by atoms with Gasteiger partial charge in [-0.05, 0) is 36.4 Å². The van der Waals surface area contributed by atoms with Gasteiger partial charge >= 0.3 is 0 Å². The van der Waals surface area contributed by atoms with E-state index in [4.69, 9.17) is 4.42 Å². The summed E-state index contributed by atoms with van der Waals surface area (Å²) in [5, 5.41) is 1.60. The number of piperazine rings is 1. The number of fused-ring (bicyclic) bond motifs is 2. The van der Waals surface area contributed by atoms with E-state index in [0.29, 0.717) is 22.5 Å². The van der Waals surface area contributed by atoms with E-state index in [1.54, 1.807) is 24.3 Å². The van der Waals surface area contributed by atoms with Crippen molar-refractivity contribution in [2.75, 3.05) is 31.1 Å². The SMILES string of the molecule is O=S(=O)(c1cccc2ccccc12)c1cccc2nc(N3CCN(C4CCC4)CC3)oc12. The minimum Gasteiger partial charge on any atom is -0.422 e. The molecule has 2 aliphatic rings. The van der Waals surface area contributed by atoms with E-state index in [2.05, 4.69) is 14.8 Å². The van der Waals surface area contributed by atoms with Crippen molar-refractivity contribution >= 4 is 37.7 Å². The standard InChI is InChI=1S/C25H25N3O3S/c29-32(30,22-12-3-7-18-6-1-2-10-20(18)22)23-13-5-11-21-24(23)31-25(26-21)28-16-14-27(15-17-28)19-8-4-9-19/h1-3,5-7,10-13,19H,4,8-9,14-17H2.